The Hall–Kier alpha value is -1.75. The molecule has 9 heteroatoms. The van der Waals surface area contributed by atoms with Crippen molar-refractivity contribution < 1.29 is 9.13 Å². The van der Waals surface area contributed by atoms with Crippen LogP contribution in [0.3, 0.4) is 0 Å². The fourth-order valence-electron chi connectivity index (χ4n) is 3.13. The fourth-order valence-corrected chi connectivity index (χ4v) is 3.13. The van der Waals surface area contributed by atoms with Crippen LogP contribution in [0.15, 0.2) is 23.2 Å². The van der Waals surface area contributed by atoms with E-state index in [0.29, 0.717) is 18.1 Å². The summed E-state index contributed by atoms with van der Waals surface area (Å²) in [6.07, 6.45) is 1.88. The molecule has 3 rings (SSSR count). The average Bonchev–Trinajstić information content (AvgIpc) is 3.00. The van der Waals surface area contributed by atoms with E-state index in [-0.39, 0.29) is 42.4 Å². The highest BCUT2D eigenvalue weighted by Crippen LogP contribution is 2.13. The highest BCUT2D eigenvalue weighted by atomic mass is 127. The van der Waals surface area contributed by atoms with E-state index < -0.39 is 0 Å². The maximum absolute atomic E-state index is 13.7. The van der Waals surface area contributed by atoms with E-state index in [4.69, 9.17) is 4.74 Å². The second kappa shape index (κ2) is 9.98. The standard InChI is InChI=1S/C18H25FN6O.HI/c1-12-22-17-7-5-15(10-25(17)24-12)23-18(20-2)21-9-13-4-6-16(19)14(8-13)11-26-3;/h4,6,8,15H,5,7,9-11H2,1-3H3,(H2,20,21,23);1H. The number of benzene rings is 1. The van der Waals surface area contributed by atoms with Crippen LogP contribution in [0.5, 0.6) is 0 Å². The summed E-state index contributed by atoms with van der Waals surface area (Å²) < 4.78 is 20.7. The number of guanidine groups is 1. The van der Waals surface area contributed by atoms with Gasteiger partial charge in [0.1, 0.15) is 17.5 Å². The van der Waals surface area contributed by atoms with E-state index in [1.165, 1.54) is 6.07 Å². The number of aryl methyl sites for hydroxylation is 2. The van der Waals surface area contributed by atoms with Crippen LogP contribution in [-0.4, -0.2) is 40.9 Å². The maximum Gasteiger partial charge on any atom is 0.191 e. The summed E-state index contributed by atoms with van der Waals surface area (Å²) in [6.45, 7) is 3.49. The van der Waals surface area contributed by atoms with Gasteiger partial charge in [0.05, 0.1) is 13.2 Å². The topological polar surface area (TPSA) is 76.4 Å². The number of nitrogens with one attached hydrogen (secondary N) is 2. The molecule has 1 aliphatic rings. The van der Waals surface area contributed by atoms with Crippen LogP contribution in [0.4, 0.5) is 4.39 Å². The van der Waals surface area contributed by atoms with Gasteiger partial charge in [-0.25, -0.2) is 14.1 Å². The van der Waals surface area contributed by atoms with E-state index in [1.807, 2.05) is 17.7 Å². The molecule has 0 saturated carbocycles. The Balaban J connectivity index is 0.00000261. The molecule has 2 heterocycles. The third kappa shape index (κ3) is 5.61. The molecular weight excluding hydrogens is 462 g/mol. The number of fused-ring (bicyclic) bond motifs is 1. The molecule has 0 aliphatic carbocycles. The van der Waals surface area contributed by atoms with Crippen LogP contribution in [0, 0.1) is 12.7 Å². The third-order valence-electron chi connectivity index (χ3n) is 4.40. The SMILES string of the molecule is CN=C(NCc1ccc(F)c(COC)c1)NC1CCc2nc(C)nn2C1.I. The first-order valence-corrected chi connectivity index (χ1v) is 8.72. The minimum Gasteiger partial charge on any atom is -0.380 e. The number of methoxy groups -OCH3 is 1. The van der Waals surface area contributed by atoms with Crippen LogP contribution < -0.4 is 10.6 Å². The van der Waals surface area contributed by atoms with Crippen molar-refractivity contribution in [3.63, 3.8) is 0 Å². The van der Waals surface area contributed by atoms with Crippen molar-refractivity contribution in [1.29, 1.82) is 0 Å². The molecule has 1 unspecified atom stereocenters. The highest BCUT2D eigenvalue weighted by molar-refractivity contribution is 14.0. The van der Waals surface area contributed by atoms with Crippen molar-refractivity contribution >= 4 is 29.9 Å². The number of hydrogen-bond acceptors (Lipinski definition) is 4. The van der Waals surface area contributed by atoms with Gasteiger partial charge in [-0.1, -0.05) is 6.07 Å². The molecule has 0 fully saturated rings. The summed E-state index contributed by atoms with van der Waals surface area (Å²) in [5.41, 5.74) is 1.52. The number of aromatic nitrogens is 3. The van der Waals surface area contributed by atoms with E-state index in [9.17, 15) is 4.39 Å². The number of hydrogen-bond donors (Lipinski definition) is 2. The minimum atomic E-state index is -0.251. The largest absolute Gasteiger partial charge is 0.380 e. The second-order valence-corrected chi connectivity index (χ2v) is 6.42. The molecule has 0 spiro atoms. The Kier molecular flexibility index (Phi) is 7.96. The monoisotopic (exact) mass is 488 g/mol. The molecule has 7 nitrogen and oxygen atoms in total. The van der Waals surface area contributed by atoms with Crippen molar-refractivity contribution in [2.45, 2.75) is 45.5 Å². The molecule has 0 radical (unpaired) electrons. The van der Waals surface area contributed by atoms with Crippen LogP contribution in [-0.2, 0) is 30.9 Å². The van der Waals surface area contributed by atoms with Crippen molar-refractivity contribution in [1.82, 2.24) is 25.4 Å². The van der Waals surface area contributed by atoms with Crippen molar-refractivity contribution in [3.05, 3.63) is 46.8 Å². The van der Waals surface area contributed by atoms with Crippen molar-refractivity contribution in [3.8, 4) is 0 Å². The van der Waals surface area contributed by atoms with Crippen LogP contribution in [0.2, 0.25) is 0 Å². The lowest BCUT2D eigenvalue weighted by Gasteiger charge is -2.25. The smallest absolute Gasteiger partial charge is 0.191 e. The van der Waals surface area contributed by atoms with Gasteiger partial charge in [0.2, 0.25) is 0 Å². The highest BCUT2D eigenvalue weighted by Gasteiger charge is 2.21. The summed E-state index contributed by atoms with van der Waals surface area (Å²) in [7, 11) is 3.30. The Bertz CT molecular complexity index is 794. The molecule has 1 atom stereocenters. The summed E-state index contributed by atoms with van der Waals surface area (Å²) in [4.78, 5) is 8.71. The van der Waals surface area contributed by atoms with Gasteiger partial charge in [-0.05, 0) is 31.0 Å². The Morgan fingerprint density at radius 3 is 3.00 bits per heavy atom. The van der Waals surface area contributed by atoms with Gasteiger partial charge in [-0.2, -0.15) is 5.10 Å². The lowest BCUT2D eigenvalue weighted by atomic mass is 10.1. The normalized spacial score (nSPS) is 16.4. The molecule has 1 aliphatic heterocycles. The molecule has 0 amide bonds. The van der Waals surface area contributed by atoms with E-state index in [2.05, 4.69) is 25.7 Å². The Labute approximate surface area is 175 Å². The van der Waals surface area contributed by atoms with Gasteiger partial charge >= 0.3 is 0 Å². The number of halogens is 2. The quantitative estimate of drug-likeness (QED) is 0.384. The zero-order valence-electron chi connectivity index (χ0n) is 15.8. The van der Waals surface area contributed by atoms with Crippen LogP contribution in [0.25, 0.3) is 0 Å². The van der Waals surface area contributed by atoms with Gasteiger partial charge in [-0.3, -0.25) is 4.99 Å². The van der Waals surface area contributed by atoms with Crippen LogP contribution >= 0.6 is 24.0 Å². The van der Waals surface area contributed by atoms with E-state index in [0.717, 1.165) is 36.6 Å². The number of aliphatic imine (C=N–C) groups is 1. The summed E-state index contributed by atoms with van der Waals surface area (Å²) in [5.74, 6) is 2.32. The zero-order chi connectivity index (χ0) is 18.5. The number of nitrogens with zero attached hydrogens (tertiary/aromatic N) is 4. The molecule has 148 valence electrons. The molecule has 0 bridgehead atoms. The predicted molar refractivity (Wildman–Crippen MR) is 113 cm³/mol. The minimum absolute atomic E-state index is 0. The van der Waals surface area contributed by atoms with Gasteiger partial charge in [0, 0.05) is 38.7 Å². The molecule has 1 aromatic carbocycles. The Morgan fingerprint density at radius 2 is 2.26 bits per heavy atom. The molecule has 2 aromatic rings. The maximum atomic E-state index is 13.7. The molecule has 27 heavy (non-hydrogen) atoms. The Morgan fingerprint density at radius 1 is 1.44 bits per heavy atom. The lowest BCUT2D eigenvalue weighted by molar-refractivity contribution is 0.181. The second-order valence-electron chi connectivity index (χ2n) is 6.42. The zero-order valence-corrected chi connectivity index (χ0v) is 18.2. The van der Waals surface area contributed by atoms with Gasteiger partial charge in [0.15, 0.2) is 5.96 Å². The van der Waals surface area contributed by atoms with E-state index in [1.54, 1.807) is 20.2 Å². The molecular formula is C18H26FIN6O. The molecule has 1 aromatic heterocycles. The average molecular weight is 488 g/mol. The first kappa shape index (κ1) is 21.5. The number of ether oxygens (including phenoxy) is 1. The van der Waals surface area contributed by atoms with Crippen LogP contribution in [0.1, 0.15) is 29.2 Å². The van der Waals surface area contributed by atoms with Gasteiger partial charge < -0.3 is 15.4 Å². The first-order valence-electron chi connectivity index (χ1n) is 8.72. The van der Waals surface area contributed by atoms with Gasteiger partial charge in [-0.15, -0.1) is 24.0 Å². The predicted octanol–water partition coefficient (Wildman–Crippen LogP) is 2.17. The van der Waals surface area contributed by atoms with Gasteiger partial charge in [0.25, 0.3) is 0 Å². The van der Waals surface area contributed by atoms with Crippen molar-refractivity contribution in [2.24, 2.45) is 4.99 Å². The molecule has 2 N–H and O–H groups in total. The summed E-state index contributed by atoms with van der Waals surface area (Å²) in [6, 6.07) is 5.29. The fraction of sp³-hybridized carbons (Fsp3) is 0.500. The van der Waals surface area contributed by atoms with E-state index >= 15 is 0 Å². The third-order valence-corrected chi connectivity index (χ3v) is 4.40. The summed E-state index contributed by atoms with van der Waals surface area (Å²) >= 11 is 0. The first-order chi connectivity index (χ1) is 12.6. The lowest BCUT2D eigenvalue weighted by Crippen LogP contribution is -2.46. The molecule has 0 saturated heterocycles. The summed E-state index contributed by atoms with van der Waals surface area (Å²) in [5, 5.41) is 11.1. The number of rotatable bonds is 5. The van der Waals surface area contributed by atoms with Crippen molar-refractivity contribution in [2.75, 3.05) is 14.2 Å².